The maximum absolute atomic E-state index is 4.97. The third-order valence-electron chi connectivity index (χ3n) is 2.32. The van der Waals surface area contributed by atoms with Crippen molar-refractivity contribution in [2.75, 3.05) is 14.2 Å². The summed E-state index contributed by atoms with van der Waals surface area (Å²) in [5.41, 5.74) is 1.46. The zero-order valence-electron chi connectivity index (χ0n) is 7.39. The fourth-order valence-electron chi connectivity index (χ4n) is 1.56. The van der Waals surface area contributed by atoms with Gasteiger partial charge in [0, 0.05) is 6.04 Å². The van der Waals surface area contributed by atoms with E-state index in [2.05, 4.69) is 5.32 Å². The molecule has 0 aromatic carbocycles. The molecule has 11 heavy (non-hydrogen) atoms. The number of hydrogen-bond acceptors (Lipinski definition) is 2. The minimum absolute atomic E-state index is 0.726. The number of hydrogen-bond donors (Lipinski definition) is 1. The van der Waals surface area contributed by atoms with Crippen molar-refractivity contribution in [1.82, 2.24) is 5.32 Å². The molecule has 1 fully saturated rings. The van der Waals surface area contributed by atoms with Crippen LogP contribution in [0, 0.1) is 0 Å². The van der Waals surface area contributed by atoms with Crippen molar-refractivity contribution in [3.63, 3.8) is 0 Å². The fourth-order valence-corrected chi connectivity index (χ4v) is 1.56. The molecule has 0 aromatic heterocycles. The van der Waals surface area contributed by atoms with E-state index in [0.29, 0.717) is 0 Å². The highest BCUT2D eigenvalue weighted by Gasteiger charge is 2.14. The monoisotopic (exact) mass is 155 g/mol. The van der Waals surface area contributed by atoms with E-state index < -0.39 is 0 Å². The minimum atomic E-state index is 0.726. The van der Waals surface area contributed by atoms with Crippen molar-refractivity contribution < 1.29 is 4.74 Å². The Morgan fingerprint density at radius 3 is 2.55 bits per heavy atom. The number of methoxy groups -OCH3 is 1. The first-order valence-corrected chi connectivity index (χ1v) is 4.24. The van der Waals surface area contributed by atoms with Gasteiger partial charge in [0.15, 0.2) is 0 Å². The molecule has 0 unspecified atom stereocenters. The zero-order chi connectivity index (χ0) is 8.10. The highest BCUT2D eigenvalue weighted by Crippen LogP contribution is 2.22. The first-order valence-electron chi connectivity index (χ1n) is 4.24. The van der Waals surface area contributed by atoms with Crippen LogP contribution in [0.25, 0.3) is 0 Å². The Labute approximate surface area is 68.6 Å². The number of ether oxygens (including phenoxy) is 1. The summed E-state index contributed by atoms with van der Waals surface area (Å²) in [4.78, 5) is 0. The highest BCUT2D eigenvalue weighted by atomic mass is 16.5. The fraction of sp³-hybridized carbons (Fsp3) is 0.778. The average molecular weight is 155 g/mol. The van der Waals surface area contributed by atoms with Crippen LogP contribution >= 0.6 is 0 Å². The Hall–Kier alpha value is -0.500. The molecular formula is C9H17NO. The van der Waals surface area contributed by atoms with Crippen molar-refractivity contribution in [2.45, 2.75) is 31.7 Å². The van der Waals surface area contributed by atoms with Crippen LogP contribution in [0.4, 0.5) is 0 Å². The summed E-state index contributed by atoms with van der Waals surface area (Å²) in [6.45, 7) is 0. The summed E-state index contributed by atoms with van der Waals surface area (Å²) < 4.78 is 4.97. The molecule has 0 spiro atoms. The summed E-state index contributed by atoms with van der Waals surface area (Å²) in [7, 11) is 3.76. The van der Waals surface area contributed by atoms with Crippen molar-refractivity contribution in [3.05, 3.63) is 11.8 Å². The SMILES string of the molecule is CNC1CCC(=COC)CC1. The smallest absolute Gasteiger partial charge is 0.0816 e. The van der Waals surface area contributed by atoms with E-state index in [0.717, 1.165) is 6.04 Å². The van der Waals surface area contributed by atoms with Gasteiger partial charge in [-0.2, -0.15) is 0 Å². The van der Waals surface area contributed by atoms with Gasteiger partial charge in [-0.25, -0.2) is 0 Å². The number of nitrogens with one attached hydrogen (secondary N) is 1. The molecule has 1 N–H and O–H groups in total. The molecule has 0 aromatic rings. The summed E-state index contributed by atoms with van der Waals surface area (Å²) in [6, 6.07) is 0.726. The molecule has 1 aliphatic carbocycles. The number of allylic oxidation sites excluding steroid dienone is 1. The lowest BCUT2D eigenvalue weighted by Gasteiger charge is -2.22. The second-order valence-electron chi connectivity index (χ2n) is 3.07. The van der Waals surface area contributed by atoms with Gasteiger partial charge in [0.1, 0.15) is 0 Å². The van der Waals surface area contributed by atoms with Gasteiger partial charge >= 0.3 is 0 Å². The van der Waals surface area contributed by atoms with Gasteiger partial charge in [-0.1, -0.05) is 0 Å². The van der Waals surface area contributed by atoms with Gasteiger partial charge < -0.3 is 10.1 Å². The van der Waals surface area contributed by atoms with Crippen molar-refractivity contribution in [2.24, 2.45) is 0 Å². The third kappa shape index (κ3) is 2.54. The van der Waals surface area contributed by atoms with Crippen LogP contribution in [0.5, 0.6) is 0 Å². The Bertz CT molecular complexity index is 132. The quantitative estimate of drug-likeness (QED) is 0.612. The van der Waals surface area contributed by atoms with Crippen LogP contribution in [0.2, 0.25) is 0 Å². The molecule has 1 aliphatic rings. The molecular weight excluding hydrogens is 138 g/mol. The molecule has 2 heteroatoms. The largest absolute Gasteiger partial charge is 0.504 e. The van der Waals surface area contributed by atoms with E-state index in [1.54, 1.807) is 7.11 Å². The van der Waals surface area contributed by atoms with Gasteiger partial charge in [-0.05, 0) is 38.3 Å². The van der Waals surface area contributed by atoms with Gasteiger partial charge in [-0.3, -0.25) is 0 Å². The predicted octanol–water partition coefficient (Wildman–Crippen LogP) is 1.68. The van der Waals surface area contributed by atoms with Crippen LogP contribution in [0.1, 0.15) is 25.7 Å². The molecule has 0 saturated heterocycles. The van der Waals surface area contributed by atoms with Crippen molar-refractivity contribution >= 4 is 0 Å². The average Bonchev–Trinajstić information content (AvgIpc) is 2.07. The summed E-state index contributed by atoms with van der Waals surface area (Å²) >= 11 is 0. The first-order chi connectivity index (χ1) is 5.36. The topological polar surface area (TPSA) is 21.3 Å². The van der Waals surface area contributed by atoms with Gasteiger partial charge in [0.25, 0.3) is 0 Å². The van der Waals surface area contributed by atoms with Crippen LogP contribution in [-0.2, 0) is 4.74 Å². The van der Waals surface area contributed by atoms with E-state index in [4.69, 9.17) is 4.74 Å². The second kappa shape index (κ2) is 4.39. The molecule has 0 radical (unpaired) electrons. The highest BCUT2D eigenvalue weighted by molar-refractivity contribution is 5.02. The van der Waals surface area contributed by atoms with Gasteiger partial charge in [-0.15, -0.1) is 0 Å². The summed E-state index contributed by atoms with van der Waals surface area (Å²) in [5, 5.41) is 3.30. The van der Waals surface area contributed by atoms with E-state index in [9.17, 15) is 0 Å². The molecule has 0 amide bonds. The number of rotatable bonds is 2. The normalized spacial score (nSPS) is 24.9. The predicted molar refractivity (Wildman–Crippen MR) is 46.4 cm³/mol. The van der Waals surface area contributed by atoms with Crippen LogP contribution in [0.3, 0.4) is 0 Å². The molecule has 64 valence electrons. The Morgan fingerprint density at radius 1 is 1.45 bits per heavy atom. The van der Waals surface area contributed by atoms with Gasteiger partial charge in [0.05, 0.1) is 13.4 Å². The molecule has 1 saturated carbocycles. The minimum Gasteiger partial charge on any atom is -0.504 e. The van der Waals surface area contributed by atoms with Crippen LogP contribution in [0.15, 0.2) is 11.8 Å². The zero-order valence-corrected chi connectivity index (χ0v) is 7.39. The second-order valence-corrected chi connectivity index (χ2v) is 3.07. The van der Waals surface area contributed by atoms with Crippen molar-refractivity contribution in [3.8, 4) is 0 Å². The molecule has 2 nitrogen and oxygen atoms in total. The van der Waals surface area contributed by atoms with E-state index in [1.807, 2.05) is 13.3 Å². The van der Waals surface area contributed by atoms with E-state index in [-0.39, 0.29) is 0 Å². The van der Waals surface area contributed by atoms with Gasteiger partial charge in [0.2, 0.25) is 0 Å². The molecule has 1 rings (SSSR count). The van der Waals surface area contributed by atoms with Crippen LogP contribution < -0.4 is 5.32 Å². The van der Waals surface area contributed by atoms with E-state index in [1.165, 1.54) is 31.3 Å². The first kappa shape index (κ1) is 8.60. The Kier molecular flexibility index (Phi) is 3.43. The molecule has 0 aliphatic heterocycles. The lowest BCUT2D eigenvalue weighted by atomic mass is 9.92. The summed E-state index contributed by atoms with van der Waals surface area (Å²) in [6.07, 6.45) is 6.79. The Balaban J connectivity index is 2.30. The summed E-state index contributed by atoms with van der Waals surface area (Å²) in [5.74, 6) is 0. The molecule has 0 heterocycles. The third-order valence-corrected chi connectivity index (χ3v) is 2.32. The maximum Gasteiger partial charge on any atom is 0.0816 e. The lowest BCUT2D eigenvalue weighted by Crippen LogP contribution is -2.27. The standard InChI is InChI=1S/C9H17NO/c1-10-9-5-3-8(4-6-9)7-11-2/h7,9-10H,3-6H2,1-2H3. The maximum atomic E-state index is 4.97. The molecule has 0 bridgehead atoms. The van der Waals surface area contributed by atoms with Crippen molar-refractivity contribution in [1.29, 1.82) is 0 Å². The Morgan fingerprint density at radius 2 is 2.09 bits per heavy atom. The van der Waals surface area contributed by atoms with E-state index >= 15 is 0 Å². The molecule has 0 atom stereocenters. The lowest BCUT2D eigenvalue weighted by molar-refractivity contribution is 0.324. The van der Waals surface area contributed by atoms with Crippen LogP contribution in [-0.4, -0.2) is 20.2 Å².